The first kappa shape index (κ1) is 24.8. The first-order valence-corrected chi connectivity index (χ1v) is 11.2. The molecule has 0 saturated heterocycles. The van der Waals surface area contributed by atoms with Crippen LogP contribution in [0, 0.1) is 0 Å². The van der Waals surface area contributed by atoms with Gasteiger partial charge in [-0.05, 0) is 36.1 Å². The van der Waals surface area contributed by atoms with Crippen LogP contribution in [0.2, 0.25) is 0 Å². The highest BCUT2D eigenvalue weighted by atomic mass is 16.5. The van der Waals surface area contributed by atoms with E-state index in [1.54, 1.807) is 0 Å². The molecule has 0 saturated carbocycles. The topological polar surface area (TPSA) is 134 Å². The number of carbonyl (C=O) groups excluding carboxylic acids is 3. The number of carbonyl (C=O) groups is 4. The van der Waals surface area contributed by atoms with Gasteiger partial charge in [0.2, 0.25) is 11.8 Å². The molecule has 0 spiro atoms. The summed E-state index contributed by atoms with van der Waals surface area (Å²) in [5.41, 5.74) is 4.24. The molecule has 3 rings (SSSR count). The second kappa shape index (κ2) is 11.3. The molecular formula is C25H29N3O6. The van der Waals surface area contributed by atoms with Crippen molar-refractivity contribution in [3.05, 3.63) is 59.7 Å². The number of rotatable bonds is 10. The number of carboxylic acid groups (broad SMARTS) is 1. The Balaban J connectivity index is 1.57. The highest BCUT2D eigenvalue weighted by Gasteiger charge is 2.30. The summed E-state index contributed by atoms with van der Waals surface area (Å²) in [6.45, 7) is 3.69. The standard InChI is InChI=1S/C25H29N3O6/c1-15(2)27-22(29)11-12-26-24(32)21(13-23(30)31)28-25(33)34-14-20-18-9-5-3-7-16(18)17-8-4-6-10-19(17)20/h3-10,15,20-21H,11-14H2,1-2H3,(H,26,32)(H,27,29)(H,28,33)(H,30,31). The predicted octanol–water partition coefficient (Wildman–Crippen LogP) is 2.40. The van der Waals surface area contributed by atoms with Crippen LogP contribution in [0.25, 0.3) is 11.1 Å². The number of ether oxygens (including phenoxy) is 1. The second-order valence-electron chi connectivity index (χ2n) is 8.38. The average Bonchev–Trinajstić information content (AvgIpc) is 3.10. The van der Waals surface area contributed by atoms with E-state index in [1.165, 1.54) is 0 Å². The number of amides is 3. The monoisotopic (exact) mass is 467 g/mol. The van der Waals surface area contributed by atoms with Crippen LogP contribution in [-0.2, 0) is 19.1 Å². The van der Waals surface area contributed by atoms with Crippen LogP contribution < -0.4 is 16.0 Å². The minimum Gasteiger partial charge on any atom is -0.481 e. The Morgan fingerprint density at radius 1 is 0.941 bits per heavy atom. The third-order valence-electron chi connectivity index (χ3n) is 5.43. The molecule has 1 unspecified atom stereocenters. The van der Waals surface area contributed by atoms with E-state index < -0.39 is 30.4 Å². The summed E-state index contributed by atoms with van der Waals surface area (Å²) in [5.74, 6) is -2.36. The van der Waals surface area contributed by atoms with E-state index in [-0.39, 0.29) is 37.4 Å². The quantitative estimate of drug-likeness (QED) is 0.424. The van der Waals surface area contributed by atoms with Crippen molar-refractivity contribution in [2.75, 3.05) is 13.2 Å². The molecule has 9 nitrogen and oxygen atoms in total. The molecule has 2 aromatic carbocycles. The number of hydrogen-bond acceptors (Lipinski definition) is 5. The molecule has 0 fully saturated rings. The maximum Gasteiger partial charge on any atom is 0.407 e. The van der Waals surface area contributed by atoms with E-state index in [0.717, 1.165) is 22.3 Å². The van der Waals surface area contributed by atoms with Gasteiger partial charge in [-0.3, -0.25) is 14.4 Å². The van der Waals surface area contributed by atoms with Crippen molar-refractivity contribution >= 4 is 23.9 Å². The third kappa shape index (κ3) is 6.34. The van der Waals surface area contributed by atoms with Crippen molar-refractivity contribution < 1.29 is 29.0 Å². The van der Waals surface area contributed by atoms with Gasteiger partial charge in [0.05, 0.1) is 6.42 Å². The molecular weight excluding hydrogens is 438 g/mol. The number of aliphatic carboxylic acids is 1. The molecule has 0 aliphatic heterocycles. The molecule has 4 N–H and O–H groups in total. The largest absolute Gasteiger partial charge is 0.481 e. The van der Waals surface area contributed by atoms with Crippen LogP contribution in [0.4, 0.5) is 4.79 Å². The Labute approximate surface area is 197 Å². The first-order valence-electron chi connectivity index (χ1n) is 11.2. The summed E-state index contributed by atoms with van der Waals surface area (Å²) in [6, 6.07) is 14.4. The SMILES string of the molecule is CC(C)NC(=O)CCNC(=O)C(CC(=O)O)NC(=O)OCC1c2ccccc2-c2ccccc21. The lowest BCUT2D eigenvalue weighted by atomic mass is 9.98. The normalized spacial score (nSPS) is 12.9. The molecule has 1 atom stereocenters. The van der Waals surface area contributed by atoms with Crippen molar-refractivity contribution in [3.8, 4) is 11.1 Å². The van der Waals surface area contributed by atoms with Crippen molar-refractivity contribution in [2.24, 2.45) is 0 Å². The van der Waals surface area contributed by atoms with Gasteiger partial charge in [-0.15, -0.1) is 0 Å². The zero-order valence-electron chi connectivity index (χ0n) is 19.2. The molecule has 0 aromatic heterocycles. The van der Waals surface area contributed by atoms with Gasteiger partial charge in [-0.1, -0.05) is 48.5 Å². The number of fused-ring (bicyclic) bond motifs is 3. The molecule has 34 heavy (non-hydrogen) atoms. The minimum atomic E-state index is -1.33. The summed E-state index contributed by atoms with van der Waals surface area (Å²) < 4.78 is 5.40. The Kier molecular flexibility index (Phi) is 8.24. The van der Waals surface area contributed by atoms with Gasteiger partial charge < -0.3 is 25.8 Å². The molecule has 1 aliphatic rings. The third-order valence-corrected chi connectivity index (χ3v) is 5.43. The minimum absolute atomic E-state index is 0.0138. The fraction of sp³-hybridized carbons (Fsp3) is 0.360. The smallest absolute Gasteiger partial charge is 0.407 e. The fourth-order valence-electron chi connectivity index (χ4n) is 3.98. The van der Waals surface area contributed by atoms with Crippen molar-refractivity contribution in [1.82, 2.24) is 16.0 Å². The summed E-state index contributed by atoms with van der Waals surface area (Å²) in [6.07, 6.45) is -1.47. The summed E-state index contributed by atoms with van der Waals surface area (Å²) in [5, 5.41) is 16.7. The lowest BCUT2D eigenvalue weighted by Gasteiger charge is -2.19. The molecule has 180 valence electrons. The van der Waals surface area contributed by atoms with E-state index in [9.17, 15) is 19.2 Å². The average molecular weight is 468 g/mol. The number of carboxylic acids is 1. The molecule has 1 aliphatic carbocycles. The van der Waals surface area contributed by atoms with Crippen LogP contribution in [-0.4, -0.2) is 54.2 Å². The Hall–Kier alpha value is -3.88. The lowest BCUT2D eigenvalue weighted by Crippen LogP contribution is -2.48. The lowest BCUT2D eigenvalue weighted by molar-refractivity contribution is -0.140. The molecule has 0 radical (unpaired) electrons. The van der Waals surface area contributed by atoms with Gasteiger partial charge in [-0.2, -0.15) is 0 Å². The fourth-order valence-corrected chi connectivity index (χ4v) is 3.98. The van der Waals surface area contributed by atoms with Gasteiger partial charge in [0.25, 0.3) is 0 Å². The first-order chi connectivity index (χ1) is 16.3. The second-order valence-corrected chi connectivity index (χ2v) is 8.38. The van der Waals surface area contributed by atoms with Crippen molar-refractivity contribution in [3.63, 3.8) is 0 Å². The summed E-state index contributed by atoms with van der Waals surface area (Å²) in [4.78, 5) is 47.8. The predicted molar refractivity (Wildman–Crippen MR) is 125 cm³/mol. The van der Waals surface area contributed by atoms with Crippen molar-refractivity contribution in [1.29, 1.82) is 0 Å². The van der Waals surface area contributed by atoms with E-state index >= 15 is 0 Å². The number of hydrogen-bond donors (Lipinski definition) is 4. The number of alkyl carbamates (subject to hydrolysis) is 1. The maximum absolute atomic E-state index is 12.5. The van der Waals surface area contributed by atoms with Crippen LogP contribution >= 0.6 is 0 Å². The number of nitrogens with one attached hydrogen (secondary N) is 3. The number of benzene rings is 2. The summed E-state index contributed by atoms with van der Waals surface area (Å²) in [7, 11) is 0. The van der Waals surface area contributed by atoms with Crippen molar-refractivity contribution in [2.45, 2.75) is 44.7 Å². The summed E-state index contributed by atoms with van der Waals surface area (Å²) >= 11 is 0. The zero-order chi connectivity index (χ0) is 24.7. The van der Waals surface area contributed by atoms with Gasteiger partial charge in [-0.25, -0.2) is 4.79 Å². The van der Waals surface area contributed by atoms with Gasteiger partial charge >= 0.3 is 12.1 Å². The van der Waals surface area contributed by atoms with Crippen LogP contribution in [0.1, 0.15) is 43.7 Å². The molecule has 0 heterocycles. The van der Waals surface area contributed by atoms with Gasteiger partial charge in [0, 0.05) is 24.9 Å². The maximum atomic E-state index is 12.5. The van der Waals surface area contributed by atoms with Gasteiger partial charge in [0.15, 0.2) is 0 Å². The van der Waals surface area contributed by atoms with E-state index in [4.69, 9.17) is 9.84 Å². The highest BCUT2D eigenvalue weighted by molar-refractivity contribution is 5.89. The van der Waals surface area contributed by atoms with Crippen LogP contribution in [0.5, 0.6) is 0 Å². The Morgan fingerprint density at radius 3 is 2.09 bits per heavy atom. The van der Waals surface area contributed by atoms with E-state index in [2.05, 4.69) is 16.0 Å². The van der Waals surface area contributed by atoms with E-state index in [1.807, 2.05) is 62.4 Å². The zero-order valence-corrected chi connectivity index (χ0v) is 19.2. The Morgan fingerprint density at radius 2 is 1.53 bits per heavy atom. The molecule has 0 bridgehead atoms. The molecule has 9 heteroatoms. The van der Waals surface area contributed by atoms with Gasteiger partial charge in [0.1, 0.15) is 12.6 Å². The Bertz CT molecular complexity index is 1020. The van der Waals surface area contributed by atoms with Crippen LogP contribution in [0.3, 0.4) is 0 Å². The molecule has 3 amide bonds. The van der Waals surface area contributed by atoms with E-state index in [0.29, 0.717) is 0 Å². The van der Waals surface area contributed by atoms with Crippen LogP contribution in [0.15, 0.2) is 48.5 Å². The highest BCUT2D eigenvalue weighted by Crippen LogP contribution is 2.44. The molecule has 2 aromatic rings.